The van der Waals surface area contributed by atoms with Crippen LogP contribution in [0.2, 0.25) is 0 Å². The Bertz CT molecular complexity index is 754. The van der Waals surface area contributed by atoms with Crippen molar-refractivity contribution in [2.24, 2.45) is 0 Å². The minimum absolute atomic E-state index is 0.145. The average molecular weight is 363 g/mol. The van der Waals surface area contributed by atoms with E-state index >= 15 is 0 Å². The first-order valence-corrected chi connectivity index (χ1v) is 8.60. The van der Waals surface area contributed by atoms with Gasteiger partial charge in [0.2, 0.25) is 0 Å². The Morgan fingerprint density at radius 2 is 2.00 bits per heavy atom. The number of nitrogens with zero attached hydrogens (tertiary/aromatic N) is 1. The van der Waals surface area contributed by atoms with Crippen LogP contribution in [0.15, 0.2) is 24.3 Å². The number of imide groups is 1. The highest BCUT2D eigenvalue weighted by Crippen LogP contribution is 2.21. The van der Waals surface area contributed by atoms with E-state index in [1.807, 2.05) is 24.3 Å². The second kappa shape index (κ2) is 8.04. The number of hydrogen-bond acceptors (Lipinski definition) is 7. The standard InChI is InChI=1S/C16H17N3O5S/c20-13(19-16(22)17-10-5-6-10)7-24-15(21)9-23-8-14-18-11-3-1-2-4-12(11)25-14/h1-4,10H,5-9H2,(H2,17,19,20,22). The number of carbonyl (C=O) groups is 3. The molecule has 0 saturated heterocycles. The van der Waals surface area contributed by atoms with Crippen molar-refractivity contribution < 1.29 is 23.9 Å². The van der Waals surface area contributed by atoms with Crippen molar-refractivity contribution in [3.8, 4) is 0 Å². The molecule has 0 atom stereocenters. The predicted octanol–water partition coefficient (Wildman–Crippen LogP) is 1.34. The molecule has 0 aliphatic heterocycles. The number of esters is 1. The molecule has 0 unspecified atom stereocenters. The van der Waals surface area contributed by atoms with Crippen LogP contribution < -0.4 is 10.6 Å². The van der Waals surface area contributed by atoms with Crippen LogP contribution in [0.5, 0.6) is 0 Å². The Hall–Kier alpha value is -2.52. The van der Waals surface area contributed by atoms with E-state index in [1.54, 1.807) is 0 Å². The van der Waals surface area contributed by atoms with Crippen LogP contribution in [0.1, 0.15) is 17.8 Å². The summed E-state index contributed by atoms with van der Waals surface area (Å²) < 4.78 is 11.0. The van der Waals surface area contributed by atoms with Crippen LogP contribution in [0.4, 0.5) is 4.79 Å². The monoisotopic (exact) mass is 363 g/mol. The maximum absolute atomic E-state index is 11.5. The molecule has 0 bridgehead atoms. The summed E-state index contributed by atoms with van der Waals surface area (Å²) in [6, 6.07) is 7.27. The van der Waals surface area contributed by atoms with Gasteiger partial charge in [0.15, 0.2) is 6.61 Å². The van der Waals surface area contributed by atoms with E-state index in [2.05, 4.69) is 15.6 Å². The van der Waals surface area contributed by atoms with Gasteiger partial charge in [-0.2, -0.15) is 0 Å². The van der Waals surface area contributed by atoms with E-state index in [0.717, 1.165) is 28.1 Å². The van der Waals surface area contributed by atoms with Crippen molar-refractivity contribution in [3.05, 3.63) is 29.3 Å². The minimum Gasteiger partial charge on any atom is -0.454 e. The zero-order valence-electron chi connectivity index (χ0n) is 13.3. The molecule has 9 heteroatoms. The lowest BCUT2D eigenvalue weighted by Gasteiger charge is -2.06. The molecule has 3 rings (SSSR count). The molecule has 1 aliphatic carbocycles. The smallest absolute Gasteiger partial charge is 0.332 e. The highest BCUT2D eigenvalue weighted by atomic mass is 32.1. The second-order valence-electron chi connectivity index (χ2n) is 5.52. The van der Waals surface area contributed by atoms with Gasteiger partial charge in [-0.25, -0.2) is 14.6 Å². The molecule has 1 aromatic carbocycles. The highest BCUT2D eigenvalue weighted by Gasteiger charge is 2.24. The van der Waals surface area contributed by atoms with E-state index in [1.165, 1.54) is 11.3 Å². The predicted molar refractivity (Wildman–Crippen MR) is 89.9 cm³/mol. The van der Waals surface area contributed by atoms with E-state index in [0.29, 0.717) is 0 Å². The molecule has 1 aliphatic rings. The summed E-state index contributed by atoms with van der Waals surface area (Å²) in [7, 11) is 0. The summed E-state index contributed by atoms with van der Waals surface area (Å²) in [5, 5.41) is 5.44. The van der Waals surface area contributed by atoms with Crippen molar-refractivity contribution in [1.29, 1.82) is 0 Å². The molecule has 8 nitrogen and oxygen atoms in total. The number of amides is 3. The van der Waals surface area contributed by atoms with Crippen molar-refractivity contribution in [1.82, 2.24) is 15.6 Å². The number of benzene rings is 1. The summed E-state index contributed by atoms with van der Waals surface area (Å²) in [5.41, 5.74) is 0.884. The SMILES string of the molecule is O=C(COC(=O)COCc1nc2ccccc2s1)NC(=O)NC1CC1. The number of fused-ring (bicyclic) bond motifs is 1. The maximum Gasteiger partial charge on any atom is 0.332 e. The average Bonchev–Trinajstić information content (AvgIpc) is 3.28. The largest absolute Gasteiger partial charge is 0.454 e. The normalized spacial score (nSPS) is 13.4. The van der Waals surface area contributed by atoms with Gasteiger partial charge in [0, 0.05) is 6.04 Å². The van der Waals surface area contributed by atoms with Crippen LogP contribution >= 0.6 is 11.3 Å². The molecule has 1 heterocycles. The third-order valence-corrected chi connectivity index (χ3v) is 4.32. The summed E-state index contributed by atoms with van der Waals surface area (Å²) >= 11 is 1.49. The second-order valence-corrected chi connectivity index (χ2v) is 6.64. The molecule has 132 valence electrons. The molecule has 25 heavy (non-hydrogen) atoms. The number of carbonyl (C=O) groups excluding carboxylic acids is 3. The topological polar surface area (TPSA) is 107 Å². The van der Waals surface area contributed by atoms with E-state index < -0.39 is 24.5 Å². The molecule has 1 saturated carbocycles. The third kappa shape index (κ3) is 5.50. The van der Waals surface area contributed by atoms with Crippen LogP contribution in [0, 0.1) is 0 Å². The number of hydrogen-bond donors (Lipinski definition) is 2. The van der Waals surface area contributed by atoms with Gasteiger partial charge in [0.25, 0.3) is 5.91 Å². The highest BCUT2D eigenvalue weighted by molar-refractivity contribution is 7.18. The molecular weight excluding hydrogens is 346 g/mol. The first-order chi connectivity index (χ1) is 12.1. The van der Waals surface area contributed by atoms with E-state index in [9.17, 15) is 14.4 Å². The van der Waals surface area contributed by atoms with Gasteiger partial charge in [-0.1, -0.05) is 12.1 Å². The van der Waals surface area contributed by atoms with Crippen molar-refractivity contribution in [2.45, 2.75) is 25.5 Å². The molecule has 1 aromatic heterocycles. The van der Waals surface area contributed by atoms with Crippen molar-refractivity contribution in [3.63, 3.8) is 0 Å². The molecule has 2 N–H and O–H groups in total. The first-order valence-electron chi connectivity index (χ1n) is 7.78. The Morgan fingerprint density at radius 1 is 1.20 bits per heavy atom. The lowest BCUT2D eigenvalue weighted by molar-refractivity contribution is -0.153. The number of thiazole rings is 1. The van der Waals surface area contributed by atoms with Crippen LogP contribution in [0.3, 0.4) is 0 Å². The van der Waals surface area contributed by atoms with Gasteiger partial charge < -0.3 is 14.8 Å². The van der Waals surface area contributed by atoms with Gasteiger partial charge in [-0.05, 0) is 25.0 Å². The fourth-order valence-corrected chi connectivity index (χ4v) is 2.91. The third-order valence-electron chi connectivity index (χ3n) is 3.31. The van der Waals surface area contributed by atoms with E-state index in [4.69, 9.17) is 9.47 Å². The number of urea groups is 1. The van der Waals surface area contributed by atoms with Crippen LogP contribution in [-0.2, 0) is 25.7 Å². The minimum atomic E-state index is -0.683. The molecule has 0 spiro atoms. The quantitative estimate of drug-likeness (QED) is 0.719. The first kappa shape index (κ1) is 17.3. The summed E-state index contributed by atoms with van der Waals surface area (Å²) in [5.74, 6) is -1.36. The molecular formula is C16H17N3O5S. The van der Waals surface area contributed by atoms with Crippen LogP contribution in [-0.4, -0.2) is 42.1 Å². The number of rotatable bonds is 7. The fraction of sp³-hybridized carbons (Fsp3) is 0.375. The van der Waals surface area contributed by atoms with Gasteiger partial charge >= 0.3 is 12.0 Å². The van der Waals surface area contributed by atoms with Crippen molar-refractivity contribution in [2.75, 3.05) is 13.2 Å². The number of aromatic nitrogens is 1. The van der Waals surface area contributed by atoms with Gasteiger partial charge in [0.05, 0.1) is 16.8 Å². The van der Waals surface area contributed by atoms with E-state index in [-0.39, 0.29) is 19.3 Å². The molecule has 0 radical (unpaired) electrons. The van der Waals surface area contributed by atoms with Gasteiger partial charge in [-0.3, -0.25) is 10.1 Å². The Morgan fingerprint density at radius 3 is 2.76 bits per heavy atom. The zero-order valence-corrected chi connectivity index (χ0v) is 14.1. The zero-order chi connectivity index (χ0) is 17.6. The molecule has 3 amide bonds. The lowest BCUT2D eigenvalue weighted by atomic mass is 10.3. The number of para-hydroxylation sites is 1. The lowest BCUT2D eigenvalue weighted by Crippen LogP contribution is -2.42. The molecule has 1 fully saturated rings. The van der Waals surface area contributed by atoms with Gasteiger partial charge in [0.1, 0.15) is 11.6 Å². The fourth-order valence-electron chi connectivity index (χ4n) is 2.00. The van der Waals surface area contributed by atoms with Crippen LogP contribution in [0.25, 0.3) is 10.2 Å². The molecule has 2 aromatic rings. The maximum atomic E-state index is 11.5. The summed E-state index contributed by atoms with van der Waals surface area (Å²) in [6.45, 7) is -0.636. The Balaban J connectivity index is 1.32. The Kier molecular flexibility index (Phi) is 5.56. The van der Waals surface area contributed by atoms with Gasteiger partial charge in [-0.15, -0.1) is 11.3 Å². The number of nitrogens with one attached hydrogen (secondary N) is 2. The number of ether oxygens (including phenoxy) is 2. The summed E-state index contributed by atoms with van der Waals surface area (Å²) in [4.78, 5) is 38.7. The van der Waals surface area contributed by atoms with Crippen molar-refractivity contribution >= 4 is 39.5 Å². The summed E-state index contributed by atoms with van der Waals surface area (Å²) in [6.07, 6.45) is 1.84. The Labute approximate surface area is 147 Å².